The number of Topliss-reactive ketones (excluding diaryl/α,β-unsaturated/α-hetero) is 1. The molecule has 0 radical (unpaired) electrons. The zero-order valence-corrected chi connectivity index (χ0v) is 10.8. The Labute approximate surface area is 108 Å². The number of carbonyl (C=O) groups excluding carboxylic acids is 1. The summed E-state index contributed by atoms with van der Waals surface area (Å²) in [5, 5.41) is 0. The first-order valence-electron chi connectivity index (χ1n) is 6.55. The Bertz CT molecular complexity index is 379. The van der Waals surface area contributed by atoms with Crippen molar-refractivity contribution < 1.29 is 9.53 Å². The van der Waals surface area contributed by atoms with Crippen LogP contribution in [0.25, 0.3) is 0 Å². The summed E-state index contributed by atoms with van der Waals surface area (Å²) in [6, 6.07) is 3.76. The van der Waals surface area contributed by atoms with E-state index in [0.29, 0.717) is 13.0 Å². The van der Waals surface area contributed by atoms with Gasteiger partial charge in [0.1, 0.15) is 6.10 Å². The molecule has 1 aromatic heterocycles. The maximum absolute atomic E-state index is 12.1. The van der Waals surface area contributed by atoms with Crippen molar-refractivity contribution in [2.75, 3.05) is 26.2 Å². The van der Waals surface area contributed by atoms with E-state index in [1.54, 1.807) is 12.4 Å². The van der Waals surface area contributed by atoms with Crippen molar-refractivity contribution in [3.05, 3.63) is 30.1 Å². The van der Waals surface area contributed by atoms with Gasteiger partial charge in [-0.3, -0.25) is 14.7 Å². The fourth-order valence-corrected chi connectivity index (χ4v) is 2.23. The predicted octanol–water partition coefficient (Wildman–Crippen LogP) is 1.30. The van der Waals surface area contributed by atoms with Crippen molar-refractivity contribution in [3.63, 3.8) is 0 Å². The van der Waals surface area contributed by atoms with E-state index in [9.17, 15) is 4.79 Å². The topological polar surface area (TPSA) is 42.4 Å². The van der Waals surface area contributed by atoms with Crippen LogP contribution >= 0.6 is 0 Å². The molecule has 1 aromatic rings. The third-order valence-electron chi connectivity index (χ3n) is 3.18. The number of pyridine rings is 1. The lowest BCUT2D eigenvalue weighted by Gasteiger charge is -2.31. The minimum Gasteiger partial charge on any atom is -0.368 e. The molecule has 0 aliphatic carbocycles. The molecule has 1 aliphatic heterocycles. The highest BCUT2D eigenvalue weighted by Crippen LogP contribution is 2.10. The number of hydrogen-bond acceptors (Lipinski definition) is 4. The van der Waals surface area contributed by atoms with Gasteiger partial charge in [0.15, 0.2) is 5.78 Å². The van der Waals surface area contributed by atoms with E-state index in [1.807, 2.05) is 12.1 Å². The Morgan fingerprint density at radius 2 is 2.28 bits per heavy atom. The van der Waals surface area contributed by atoms with Gasteiger partial charge in [-0.25, -0.2) is 0 Å². The van der Waals surface area contributed by atoms with Gasteiger partial charge in [0.2, 0.25) is 0 Å². The quantitative estimate of drug-likeness (QED) is 0.788. The molecule has 1 atom stereocenters. The molecule has 1 unspecified atom stereocenters. The van der Waals surface area contributed by atoms with Gasteiger partial charge in [0, 0.05) is 31.9 Å². The fourth-order valence-electron chi connectivity index (χ4n) is 2.23. The van der Waals surface area contributed by atoms with Crippen LogP contribution in [0.2, 0.25) is 0 Å². The van der Waals surface area contributed by atoms with Crippen molar-refractivity contribution in [1.29, 1.82) is 0 Å². The van der Waals surface area contributed by atoms with E-state index < -0.39 is 0 Å². The Morgan fingerprint density at radius 3 is 3.00 bits per heavy atom. The number of hydrogen-bond donors (Lipinski definition) is 0. The molecule has 0 spiro atoms. The average molecular weight is 248 g/mol. The third-order valence-corrected chi connectivity index (χ3v) is 3.18. The van der Waals surface area contributed by atoms with E-state index in [2.05, 4.69) is 16.8 Å². The summed E-state index contributed by atoms with van der Waals surface area (Å²) in [6.07, 6.45) is 4.72. The molecule has 2 heterocycles. The Balaban J connectivity index is 1.88. The SMILES string of the molecule is CCCN1CCOC(C(=O)Cc2ccncc2)C1. The molecular formula is C14H20N2O2. The molecule has 98 valence electrons. The maximum atomic E-state index is 12.1. The van der Waals surface area contributed by atoms with E-state index in [1.165, 1.54) is 0 Å². The Morgan fingerprint density at radius 1 is 1.50 bits per heavy atom. The molecule has 0 N–H and O–H groups in total. The monoisotopic (exact) mass is 248 g/mol. The molecule has 18 heavy (non-hydrogen) atoms. The second-order valence-corrected chi connectivity index (χ2v) is 4.66. The summed E-state index contributed by atoms with van der Waals surface area (Å²) < 4.78 is 5.58. The van der Waals surface area contributed by atoms with Gasteiger partial charge in [-0.2, -0.15) is 0 Å². The molecule has 4 nitrogen and oxygen atoms in total. The van der Waals surface area contributed by atoms with Crippen LogP contribution in [0.15, 0.2) is 24.5 Å². The molecule has 0 saturated carbocycles. The van der Waals surface area contributed by atoms with Crippen LogP contribution in [0.5, 0.6) is 0 Å². The van der Waals surface area contributed by atoms with Crippen LogP contribution in [0, 0.1) is 0 Å². The minimum absolute atomic E-state index is 0.169. The molecule has 1 aliphatic rings. The highest BCUT2D eigenvalue weighted by molar-refractivity contribution is 5.85. The van der Waals surface area contributed by atoms with Gasteiger partial charge in [0.25, 0.3) is 0 Å². The standard InChI is InChI=1S/C14H20N2O2/c1-2-7-16-8-9-18-14(11-16)13(17)10-12-3-5-15-6-4-12/h3-6,14H,2,7-11H2,1H3. The molecule has 0 amide bonds. The van der Waals surface area contributed by atoms with Gasteiger partial charge in [-0.1, -0.05) is 6.92 Å². The number of rotatable bonds is 5. The highest BCUT2D eigenvalue weighted by atomic mass is 16.5. The lowest BCUT2D eigenvalue weighted by molar-refractivity contribution is -0.135. The second kappa shape index (κ2) is 6.61. The first-order valence-corrected chi connectivity index (χ1v) is 6.55. The molecule has 1 fully saturated rings. The molecule has 0 aromatic carbocycles. The second-order valence-electron chi connectivity index (χ2n) is 4.66. The van der Waals surface area contributed by atoms with Crippen LogP contribution in [0.4, 0.5) is 0 Å². The third kappa shape index (κ3) is 3.62. The van der Waals surface area contributed by atoms with E-state index in [4.69, 9.17) is 4.74 Å². The Hall–Kier alpha value is -1.26. The van der Waals surface area contributed by atoms with E-state index in [-0.39, 0.29) is 11.9 Å². The van der Waals surface area contributed by atoms with Gasteiger partial charge < -0.3 is 4.74 Å². The molecule has 0 bridgehead atoms. The summed E-state index contributed by atoms with van der Waals surface area (Å²) in [6.45, 7) is 5.53. The lowest BCUT2D eigenvalue weighted by Crippen LogP contribution is -2.46. The van der Waals surface area contributed by atoms with Gasteiger partial charge in [-0.05, 0) is 30.7 Å². The van der Waals surface area contributed by atoms with E-state index in [0.717, 1.165) is 31.6 Å². The van der Waals surface area contributed by atoms with Crippen LogP contribution in [0.1, 0.15) is 18.9 Å². The summed E-state index contributed by atoms with van der Waals surface area (Å²) in [4.78, 5) is 18.4. The maximum Gasteiger partial charge on any atom is 0.167 e. The van der Waals surface area contributed by atoms with E-state index >= 15 is 0 Å². The zero-order valence-electron chi connectivity index (χ0n) is 10.8. The predicted molar refractivity (Wildman–Crippen MR) is 69.4 cm³/mol. The van der Waals surface area contributed by atoms with Crippen molar-refractivity contribution in [2.24, 2.45) is 0 Å². The lowest BCUT2D eigenvalue weighted by atomic mass is 10.1. The molecule has 1 saturated heterocycles. The molecule has 4 heteroatoms. The Kier molecular flexibility index (Phi) is 4.84. The number of ketones is 1. The van der Waals surface area contributed by atoms with Gasteiger partial charge >= 0.3 is 0 Å². The molecule has 2 rings (SSSR count). The number of ether oxygens (including phenoxy) is 1. The summed E-state index contributed by atoms with van der Waals surface area (Å²) in [5.41, 5.74) is 1.01. The summed E-state index contributed by atoms with van der Waals surface area (Å²) >= 11 is 0. The highest BCUT2D eigenvalue weighted by Gasteiger charge is 2.25. The van der Waals surface area contributed by atoms with Crippen molar-refractivity contribution in [3.8, 4) is 0 Å². The first-order chi connectivity index (χ1) is 8.79. The number of carbonyl (C=O) groups is 1. The van der Waals surface area contributed by atoms with Crippen molar-refractivity contribution >= 4 is 5.78 Å². The average Bonchev–Trinajstić information content (AvgIpc) is 2.40. The largest absolute Gasteiger partial charge is 0.368 e. The van der Waals surface area contributed by atoms with Crippen LogP contribution in [0.3, 0.4) is 0 Å². The van der Waals surface area contributed by atoms with Crippen molar-refractivity contribution in [1.82, 2.24) is 9.88 Å². The summed E-state index contributed by atoms with van der Waals surface area (Å²) in [5.74, 6) is 0.169. The number of aromatic nitrogens is 1. The normalized spacial score (nSPS) is 20.8. The summed E-state index contributed by atoms with van der Waals surface area (Å²) in [7, 11) is 0. The van der Waals surface area contributed by atoms with Crippen LogP contribution in [-0.2, 0) is 16.0 Å². The minimum atomic E-state index is -0.265. The fraction of sp³-hybridized carbons (Fsp3) is 0.571. The number of morpholine rings is 1. The zero-order chi connectivity index (χ0) is 12.8. The van der Waals surface area contributed by atoms with Gasteiger partial charge in [0.05, 0.1) is 6.61 Å². The number of nitrogens with zero attached hydrogens (tertiary/aromatic N) is 2. The first kappa shape index (κ1) is 13.2. The van der Waals surface area contributed by atoms with Crippen LogP contribution in [-0.4, -0.2) is 48.0 Å². The molecular weight excluding hydrogens is 228 g/mol. The smallest absolute Gasteiger partial charge is 0.167 e. The van der Waals surface area contributed by atoms with Crippen molar-refractivity contribution in [2.45, 2.75) is 25.9 Å². The van der Waals surface area contributed by atoms with Crippen LogP contribution < -0.4 is 0 Å². The van der Waals surface area contributed by atoms with Gasteiger partial charge in [-0.15, -0.1) is 0 Å².